The zero-order chi connectivity index (χ0) is 16.3. The number of nitrogens with one attached hydrogen (secondary N) is 2. The summed E-state index contributed by atoms with van der Waals surface area (Å²) in [4.78, 5) is 9.58. The first kappa shape index (κ1) is 17.2. The van der Waals surface area contributed by atoms with Crippen LogP contribution in [0.3, 0.4) is 0 Å². The van der Waals surface area contributed by atoms with E-state index in [2.05, 4.69) is 10.0 Å². The smallest absolute Gasteiger partial charge is 0.383 e. The molecular weight excluding hydrogens is 315 g/mol. The molecule has 0 unspecified atom stereocenters. The number of hydrogen-bond acceptors (Lipinski definition) is 5. The van der Waals surface area contributed by atoms with Gasteiger partial charge in [-0.2, -0.15) is 13.2 Å². The number of alkyl halides is 3. The van der Waals surface area contributed by atoms with Crippen LogP contribution in [-0.2, 0) is 16.2 Å². The Morgan fingerprint density at radius 3 is 2.38 bits per heavy atom. The van der Waals surface area contributed by atoms with Crippen molar-refractivity contribution in [2.24, 2.45) is 0 Å². The molecule has 0 aliphatic heterocycles. The van der Waals surface area contributed by atoms with Gasteiger partial charge in [0.2, 0.25) is 10.0 Å². The van der Waals surface area contributed by atoms with Crippen molar-refractivity contribution < 1.29 is 26.5 Å². The van der Waals surface area contributed by atoms with Crippen LogP contribution in [0.2, 0.25) is 0 Å². The molecule has 0 spiro atoms. The number of benzene rings is 1. The van der Waals surface area contributed by atoms with E-state index in [0.717, 1.165) is 18.4 Å². The summed E-state index contributed by atoms with van der Waals surface area (Å²) in [5.41, 5.74) is -2.22. The molecule has 7 nitrogen and oxygen atoms in total. The molecule has 1 rings (SSSR count). The van der Waals surface area contributed by atoms with E-state index in [4.69, 9.17) is 0 Å². The van der Waals surface area contributed by atoms with Gasteiger partial charge in [-0.05, 0) is 6.07 Å². The lowest BCUT2D eigenvalue weighted by molar-refractivity contribution is -0.385. The van der Waals surface area contributed by atoms with E-state index in [9.17, 15) is 31.7 Å². The Labute approximate surface area is 118 Å². The quantitative estimate of drug-likeness (QED) is 0.469. The van der Waals surface area contributed by atoms with Crippen molar-refractivity contribution in [2.45, 2.75) is 6.18 Å². The van der Waals surface area contributed by atoms with Gasteiger partial charge in [0.05, 0.1) is 16.7 Å². The lowest BCUT2D eigenvalue weighted by Gasteiger charge is -2.14. The second kappa shape index (κ2) is 6.26. The second-order valence-electron chi connectivity index (χ2n) is 4.08. The third-order valence-electron chi connectivity index (χ3n) is 2.32. The van der Waals surface area contributed by atoms with Crippen LogP contribution >= 0.6 is 0 Å². The topological polar surface area (TPSA) is 101 Å². The summed E-state index contributed by atoms with van der Waals surface area (Å²) in [5.74, 6) is 0. The first-order valence-electron chi connectivity index (χ1n) is 5.55. The molecular formula is C10H12F3N3O4S. The van der Waals surface area contributed by atoms with Crippen molar-refractivity contribution in [2.75, 3.05) is 24.7 Å². The number of nitro groups is 1. The molecule has 0 aromatic heterocycles. The number of non-ortho nitro benzene ring substituents is 1. The molecule has 0 aliphatic carbocycles. The van der Waals surface area contributed by atoms with Crippen LogP contribution in [0.15, 0.2) is 18.2 Å². The lowest BCUT2D eigenvalue weighted by Crippen LogP contribution is -2.28. The predicted octanol–water partition coefficient (Wildman–Crippen LogP) is 1.57. The summed E-state index contributed by atoms with van der Waals surface area (Å²) in [5, 5.41) is 12.9. The van der Waals surface area contributed by atoms with Gasteiger partial charge < -0.3 is 5.32 Å². The number of anilines is 1. The fourth-order valence-corrected chi connectivity index (χ4v) is 1.94. The zero-order valence-electron chi connectivity index (χ0n) is 10.8. The summed E-state index contributed by atoms with van der Waals surface area (Å²) in [6.07, 6.45) is -3.85. The highest BCUT2D eigenvalue weighted by Gasteiger charge is 2.35. The van der Waals surface area contributed by atoms with Crippen molar-refractivity contribution in [1.82, 2.24) is 4.72 Å². The van der Waals surface area contributed by atoms with Crippen molar-refractivity contribution in [1.29, 1.82) is 0 Å². The highest BCUT2D eigenvalue weighted by Crippen LogP contribution is 2.36. The summed E-state index contributed by atoms with van der Waals surface area (Å²) in [7, 11) is -3.44. The van der Waals surface area contributed by atoms with Gasteiger partial charge >= 0.3 is 6.18 Å². The van der Waals surface area contributed by atoms with Crippen molar-refractivity contribution in [3.05, 3.63) is 33.9 Å². The Kier molecular flexibility index (Phi) is 5.12. The molecule has 0 fully saturated rings. The van der Waals surface area contributed by atoms with Crippen molar-refractivity contribution in [3.63, 3.8) is 0 Å². The summed E-state index contributed by atoms with van der Waals surface area (Å²) >= 11 is 0. The monoisotopic (exact) mass is 327 g/mol. The van der Waals surface area contributed by atoms with E-state index < -0.39 is 32.4 Å². The van der Waals surface area contributed by atoms with Gasteiger partial charge in [-0.25, -0.2) is 13.1 Å². The van der Waals surface area contributed by atoms with E-state index in [1.165, 1.54) is 0 Å². The Bertz CT molecular complexity index is 631. The van der Waals surface area contributed by atoms with Crippen LogP contribution in [0, 0.1) is 10.1 Å². The molecule has 0 atom stereocenters. The fraction of sp³-hybridized carbons (Fsp3) is 0.400. The zero-order valence-corrected chi connectivity index (χ0v) is 11.6. The average molecular weight is 327 g/mol. The Hall–Kier alpha value is -1.88. The van der Waals surface area contributed by atoms with Crippen molar-refractivity contribution in [3.8, 4) is 0 Å². The van der Waals surface area contributed by atoms with E-state index in [1.807, 2.05) is 0 Å². The van der Waals surface area contributed by atoms with E-state index in [-0.39, 0.29) is 18.8 Å². The Morgan fingerprint density at radius 2 is 1.90 bits per heavy atom. The molecule has 21 heavy (non-hydrogen) atoms. The van der Waals surface area contributed by atoms with Crippen LogP contribution in [0.5, 0.6) is 0 Å². The molecule has 0 saturated carbocycles. The van der Waals surface area contributed by atoms with Gasteiger partial charge in [0, 0.05) is 30.9 Å². The van der Waals surface area contributed by atoms with Gasteiger partial charge in [-0.15, -0.1) is 0 Å². The largest absolute Gasteiger partial charge is 0.418 e. The first-order chi connectivity index (χ1) is 9.50. The van der Waals surface area contributed by atoms with Crippen LogP contribution in [0.1, 0.15) is 5.56 Å². The van der Waals surface area contributed by atoms with Crippen molar-refractivity contribution >= 4 is 21.4 Å². The first-order valence-corrected chi connectivity index (χ1v) is 7.44. The highest BCUT2D eigenvalue weighted by atomic mass is 32.2. The van der Waals surface area contributed by atoms with Crippen LogP contribution < -0.4 is 10.0 Å². The number of rotatable bonds is 6. The minimum atomic E-state index is -4.77. The van der Waals surface area contributed by atoms with Gasteiger partial charge in [0.1, 0.15) is 0 Å². The Balaban J connectivity index is 2.89. The molecule has 0 amide bonds. The van der Waals surface area contributed by atoms with Crippen LogP contribution in [0.25, 0.3) is 0 Å². The number of nitro benzene ring substituents is 1. The maximum atomic E-state index is 12.8. The standard InChI is InChI=1S/C10H12F3N3O4S/c1-21(19,20)15-5-4-14-9-3-2-7(16(17)18)6-8(9)10(11,12)13/h2-3,6,14-15H,4-5H2,1H3. The third kappa shape index (κ3) is 5.55. The number of sulfonamides is 1. The summed E-state index contributed by atoms with van der Waals surface area (Å²) in [6, 6.07) is 2.29. The molecule has 0 saturated heterocycles. The van der Waals surface area contributed by atoms with Crippen LogP contribution in [0.4, 0.5) is 24.5 Å². The minimum absolute atomic E-state index is 0.103. The van der Waals surface area contributed by atoms with E-state index in [1.54, 1.807) is 0 Å². The molecule has 0 aliphatic rings. The van der Waals surface area contributed by atoms with Gasteiger partial charge in [-0.1, -0.05) is 0 Å². The molecule has 0 heterocycles. The van der Waals surface area contributed by atoms with E-state index >= 15 is 0 Å². The summed E-state index contributed by atoms with van der Waals surface area (Å²) in [6.45, 7) is -0.221. The molecule has 0 radical (unpaired) electrons. The van der Waals surface area contributed by atoms with E-state index in [0.29, 0.717) is 6.07 Å². The molecule has 11 heteroatoms. The highest BCUT2D eigenvalue weighted by molar-refractivity contribution is 7.88. The molecule has 2 N–H and O–H groups in total. The second-order valence-corrected chi connectivity index (χ2v) is 5.91. The predicted molar refractivity (Wildman–Crippen MR) is 69.4 cm³/mol. The van der Waals surface area contributed by atoms with Gasteiger partial charge in [0.25, 0.3) is 5.69 Å². The summed E-state index contributed by atoms with van der Waals surface area (Å²) < 4.78 is 62.1. The molecule has 118 valence electrons. The SMILES string of the molecule is CS(=O)(=O)NCCNc1ccc([N+](=O)[O-])cc1C(F)(F)F. The maximum absolute atomic E-state index is 12.8. The minimum Gasteiger partial charge on any atom is -0.383 e. The molecule has 1 aromatic rings. The lowest BCUT2D eigenvalue weighted by atomic mass is 10.1. The molecule has 0 bridgehead atoms. The number of nitrogens with zero attached hydrogens (tertiary/aromatic N) is 1. The molecule has 1 aromatic carbocycles. The normalized spacial score (nSPS) is 12.2. The average Bonchev–Trinajstić information content (AvgIpc) is 2.32. The van der Waals surface area contributed by atoms with Gasteiger partial charge in [-0.3, -0.25) is 10.1 Å². The van der Waals surface area contributed by atoms with Crippen LogP contribution in [-0.4, -0.2) is 32.7 Å². The maximum Gasteiger partial charge on any atom is 0.418 e. The Morgan fingerprint density at radius 1 is 1.29 bits per heavy atom. The number of hydrogen-bond donors (Lipinski definition) is 2. The number of halogens is 3. The third-order valence-corrected chi connectivity index (χ3v) is 3.05. The fourth-order valence-electron chi connectivity index (χ4n) is 1.47. The van der Waals surface area contributed by atoms with Gasteiger partial charge in [0.15, 0.2) is 0 Å².